The van der Waals surface area contributed by atoms with Crippen molar-refractivity contribution in [3.63, 3.8) is 0 Å². The van der Waals surface area contributed by atoms with E-state index in [2.05, 4.69) is 26.8 Å². The van der Waals surface area contributed by atoms with Crippen LogP contribution in [0.2, 0.25) is 0 Å². The van der Waals surface area contributed by atoms with Gasteiger partial charge in [0.15, 0.2) is 11.4 Å². The number of aliphatic hydroxyl groups excluding tert-OH is 1. The van der Waals surface area contributed by atoms with Crippen LogP contribution in [0.5, 0.6) is 5.88 Å². The molecule has 0 saturated heterocycles. The Labute approximate surface area is 107 Å². The van der Waals surface area contributed by atoms with Crippen molar-refractivity contribution in [1.82, 2.24) is 10.2 Å². The number of ether oxygens (including phenoxy) is 2. The van der Waals surface area contributed by atoms with E-state index in [0.29, 0.717) is 0 Å². The number of carbonyl (C=O) groups excluding carboxylic acids is 1. The molecule has 0 radical (unpaired) electrons. The Morgan fingerprint density at radius 3 is 2.84 bits per heavy atom. The first-order valence-electron chi connectivity index (χ1n) is 5.20. The molecule has 0 aliphatic carbocycles. The molecule has 19 heavy (non-hydrogen) atoms. The lowest BCUT2D eigenvalue weighted by molar-refractivity contribution is 0.0692. The number of aromatic carboxylic acids is 1. The van der Waals surface area contributed by atoms with E-state index in [-0.39, 0.29) is 37.1 Å². The van der Waals surface area contributed by atoms with Crippen molar-refractivity contribution in [1.29, 1.82) is 0 Å². The molecule has 0 aliphatic rings. The maximum atomic E-state index is 11.3. The van der Waals surface area contributed by atoms with Gasteiger partial charge in [0.1, 0.15) is 13.2 Å². The van der Waals surface area contributed by atoms with Crippen LogP contribution in [0.25, 0.3) is 0 Å². The van der Waals surface area contributed by atoms with Gasteiger partial charge in [-0.1, -0.05) is 12.7 Å². The summed E-state index contributed by atoms with van der Waals surface area (Å²) in [5.41, 5.74) is -0.357. The second kappa shape index (κ2) is 7.01. The normalized spacial score (nSPS) is 9.74. The van der Waals surface area contributed by atoms with Crippen LogP contribution < -0.4 is 10.1 Å². The fourth-order valence-electron chi connectivity index (χ4n) is 1.13. The summed E-state index contributed by atoms with van der Waals surface area (Å²) in [4.78, 5) is 22.3. The average Bonchev–Trinajstić information content (AvgIpc) is 2.76. The molecule has 0 atom stereocenters. The van der Waals surface area contributed by atoms with Gasteiger partial charge in [-0.25, -0.2) is 14.7 Å². The molecular weight excluding hydrogens is 258 g/mol. The van der Waals surface area contributed by atoms with E-state index in [1.807, 2.05) is 0 Å². The van der Waals surface area contributed by atoms with Gasteiger partial charge in [-0.2, -0.15) is 5.10 Å². The smallest absolute Gasteiger partial charge is 0.413 e. The minimum Gasteiger partial charge on any atom is -0.477 e. The predicted molar refractivity (Wildman–Crippen MR) is 63.3 cm³/mol. The molecule has 1 heterocycles. The second-order valence-electron chi connectivity index (χ2n) is 3.17. The molecule has 1 aromatic heterocycles. The highest BCUT2D eigenvalue weighted by Gasteiger charge is 2.23. The van der Waals surface area contributed by atoms with Crippen molar-refractivity contribution < 1.29 is 29.3 Å². The van der Waals surface area contributed by atoms with Crippen molar-refractivity contribution >= 4 is 17.9 Å². The highest BCUT2D eigenvalue weighted by molar-refractivity contribution is 5.99. The Balaban J connectivity index is 2.82. The van der Waals surface area contributed by atoms with E-state index >= 15 is 0 Å². The van der Waals surface area contributed by atoms with Gasteiger partial charge in [-0.05, 0) is 0 Å². The van der Waals surface area contributed by atoms with Gasteiger partial charge in [0.2, 0.25) is 5.88 Å². The molecule has 0 aromatic carbocycles. The largest absolute Gasteiger partial charge is 0.477 e. The lowest BCUT2D eigenvalue weighted by Crippen LogP contribution is -2.16. The number of anilines is 1. The van der Waals surface area contributed by atoms with Crippen molar-refractivity contribution in [2.75, 3.05) is 25.1 Å². The SMILES string of the molecule is C=CCOC(=O)Nc1n[nH]c(OCCO)c1C(=O)O. The van der Waals surface area contributed by atoms with Gasteiger partial charge < -0.3 is 19.7 Å². The third-order valence-corrected chi connectivity index (χ3v) is 1.84. The molecule has 0 unspecified atom stereocenters. The van der Waals surface area contributed by atoms with Crippen molar-refractivity contribution in [2.45, 2.75) is 0 Å². The first kappa shape index (κ1) is 14.5. The van der Waals surface area contributed by atoms with E-state index in [9.17, 15) is 9.59 Å². The predicted octanol–water partition coefficient (Wildman–Crippen LogP) is 0.213. The Kier molecular flexibility index (Phi) is 5.35. The summed E-state index contributed by atoms with van der Waals surface area (Å²) < 4.78 is 9.56. The fourth-order valence-corrected chi connectivity index (χ4v) is 1.13. The quantitative estimate of drug-likeness (QED) is 0.521. The summed E-state index contributed by atoms with van der Waals surface area (Å²) in [6.45, 7) is 2.94. The Bertz CT molecular complexity index is 470. The maximum absolute atomic E-state index is 11.3. The summed E-state index contributed by atoms with van der Waals surface area (Å²) in [5.74, 6) is -1.75. The molecule has 9 nitrogen and oxygen atoms in total. The maximum Gasteiger partial charge on any atom is 0.413 e. The van der Waals surface area contributed by atoms with E-state index in [1.165, 1.54) is 6.08 Å². The monoisotopic (exact) mass is 271 g/mol. The highest BCUT2D eigenvalue weighted by atomic mass is 16.5. The van der Waals surface area contributed by atoms with Gasteiger partial charge >= 0.3 is 12.1 Å². The zero-order valence-electron chi connectivity index (χ0n) is 9.88. The van der Waals surface area contributed by atoms with E-state index in [4.69, 9.17) is 14.9 Å². The van der Waals surface area contributed by atoms with Crippen LogP contribution in [0, 0.1) is 0 Å². The number of aromatic nitrogens is 2. The van der Waals surface area contributed by atoms with Gasteiger partial charge in [-0.3, -0.25) is 5.32 Å². The molecule has 0 aliphatic heterocycles. The fraction of sp³-hybridized carbons (Fsp3) is 0.300. The molecule has 104 valence electrons. The molecular formula is C10H13N3O6. The van der Waals surface area contributed by atoms with Crippen LogP contribution in [-0.4, -0.2) is 52.3 Å². The van der Waals surface area contributed by atoms with Crippen LogP contribution >= 0.6 is 0 Å². The molecule has 1 amide bonds. The number of rotatable bonds is 7. The molecule has 1 rings (SSSR count). The van der Waals surface area contributed by atoms with Crippen LogP contribution in [0.15, 0.2) is 12.7 Å². The first-order valence-corrected chi connectivity index (χ1v) is 5.20. The average molecular weight is 271 g/mol. The third kappa shape index (κ3) is 4.00. The molecule has 0 saturated carbocycles. The van der Waals surface area contributed by atoms with Crippen LogP contribution in [0.4, 0.5) is 10.6 Å². The molecule has 0 fully saturated rings. The van der Waals surface area contributed by atoms with E-state index in [1.54, 1.807) is 0 Å². The number of hydrogen-bond donors (Lipinski definition) is 4. The van der Waals surface area contributed by atoms with E-state index < -0.39 is 12.1 Å². The van der Waals surface area contributed by atoms with E-state index in [0.717, 1.165) is 0 Å². The molecule has 4 N–H and O–H groups in total. The number of aliphatic hydroxyl groups is 1. The number of amides is 1. The summed E-state index contributed by atoms with van der Waals surface area (Å²) in [6, 6.07) is 0. The van der Waals surface area contributed by atoms with Crippen molar-refractivity contribution in [3.05, 3.63) is 18.2 Å². The van der Waals surface area contributed by atoms with Gasteiger partial charge in [0.05, 0.1) is 6.61 Å². The van der Waals surface area contributed by atoms with Crippen LogP contribution in [0.1, 0.15) is 10.4 Å². The minimum atomic E-state index is -1.35. The Morgan fingerprint density at radius 1 is 1.53 bits per heavy atom. The Morgan fingerprint density at radius 2 is 2.26 bits per heavy atom. The Hall–Kier alpha value is -2.55. The van der Waals surface area contributed by atoms with Gasteiger partial charge in [0, 0.05) is 0 Å². The lowest BCUT2D eigenvalue weighted by atomic mass is 10.3. The summed E-state index contributed by atoms with van der Waals surface area (Å²) in [7, 11) is 0. The number of hydrogen-bond acceptors (Lipinski definition) is 6. The molecule has 1 aromatic rings. The third-order valence-electron chi connectivity index (χ3n) is 1.84. The number of carboxylic acid groups (broad SMARTS) is 1. The highest BCUT2D eigenvalue weighted by Crippen LogP contribution is 2.23. The molecule has 0 spiro atoms. The lowest BCUT2D eigenvalue weighted by Gasteiger charge is -2.04. The van der Waals surface area contributed by atoms with Crippen LogP contribution in [-0.2, 0) is 4.74 Å². The zero-order chi connectivity index (χ0) is 14.3. The second-order valence-corrected chi connectivity index (χ2v) is 3.17. The zero-order valence-corrected chi connectivity index (χ0v) is 9.88. The number of nitrogens with one attached hydrogen (secondary N) is 2. The van der Waals surface area contributed by atoms with Gasteiger partial charge in [0.25, 0.3) is 0 Å². The first-order chi connectivity index (χ1) is 9.10. The van der Waals surface area contributed by atoms with Crippen molar-refractivity contribution in [3.8, 4) is 5.88 Å². The molecule has 0 bridgehead atoms. The minimum absolute atomic E-state index is 0.0213. The summed E-state index contributed by atoms with van der Waals surface area (Å²) in [6.07, 6.45) is 0.487. The summed E-state index contributed by atoms with van der Waals surface area (Å²) in [5, 5.41) is 25.6. The molecule has 9 heteroatoms. The standard InChI is InChI=1S/C10H13N3O6/c1-2-4-19-10(17)11-7-6(9(15)16)8(13-12-7)18-5-3-14/h2,14H,1,3-5H2,(H,15,16)(H2,11,12,13,17). The number of nitrogens with zero attached hydrogens (tertiary/aromatic N) is 1. The summed E-state index contributed by atoms with van der Waals surface area (Å²) >= 11 is 0. The number of carbonyl (C=O) groups is 2. The number of H-pyrrole nitrogens is 1. The number of aromatic amines is 1. The number of carboxylic acids is 1. The van der Waals surface area contributed by atoms with Crippen molar-refractivity contribution in [2.24, 2.45) is 0 Å². The topological polar surface area (TPSA) is 134 Å². The van der Waals surface area contributed by atoms with Gasteiger partial charge in [-0.15, -0.1) is 0 Å². The van der Waals surface area contributed by atoms with Crippen LogP contribution in [0.3, 0.4) is 0 Å².